The lowest BCUT2D eigenvalue weighted by molar-refractivity contribution is 0.485. The predicted octanol–water partition coefficient (Wildman–Crippen LogP) is 1.48. The van der Waals surface area contributed by atoms with Crippen molar-refractivity contribution in [1.29, 1.82) is 0 Å². The van der Waals surface area contributed by atoms with Crippen molar-refractivity contribution in [2.75, 3.05) is 24.5 Å². The lowest BCUT2D eigenvalue weighted by atomic mass is 10.2. The Morgan fingerprint density at radius 2 is 2.08 bits per heavy atom. The van der Waals surface area contributed by atoms with Crippen LogP contribution >= 0.6 is 0 Å². The third-order valence-corrected chi connectivity index (χ3v) is 2.49. The number of hydrogen-bond acceptors (Lipinski definition) is 2. The molecule has 1 atom stereocenters. The van der Waals surface area contributed by atoms with Crippen LogP contribution < -0.4 is 10.2 Å². The molecule has 0 bridgehead atoms. The van der Waals surface area contributed by atoms with E-state index in [4.69, 9.17) is 0 Å². The first kappa shape index (κ1) is 8.57. The highest BCUT2D eigenvalue weighted by Gasteiger charge is 2.14. The van der Waals surface area contributed by atoms with E-state index in [9.17, 15) is 0 Å². The molecule has 13 heavy (non-hydrogen) atoms. The fourth-order valence-corrected chi connectivity index (χ4v) is 1.81. The molecule has 1 fully saturated rings. The first-order valence-electron chi connectivity index (χ1n) is 4.89. The van der Waals surface area contributed by atoms with Gasteiger partial charge in [0.15, 0.2) is 0 Å². The molecule has 0 aliphatic carbocycles. The fourth-order valence-electron chi connectivity index (χ4n) is 1.81. The summed E-state index contributed by atoms with van der Waals surface area (Å²) in [5.41, 5.74) is 1.34. The second-order valence-corrected chi connectivity index (χ2v) is 3.64. The zero-order valence-electron chi connectivity index (χ0n) is 8.03. The van der Waals surface area contributed by atoms with Crippen LogP contribution in [0.4, 0.5) is 5.69 Å². The lowest BCUT2D eigenvalue weighted by Gasteiger charge is -2.33. The molecule has 1 aliphatic heterocycles. The Bertz CT molecular complexity index is 258. The van der Waals surface area contributed by atoms with Gasteiger partial charge in [0.2, 0.25) is 0 Å². The van der Waals surface area contributed by atoms with Gasteiger partial charge in [-0.1, -0.05) is 18.2 Å². The van der Waals surface area contributed by atoms with E-state index in [0.29, 0.717) is 6.04 Å². The largest absolute Gasteiger partial charge is 0.369 e. The van der Waals surface area contributed by atoms with Gasteiger partial charge in [0.1, 0.15) is 0 Å². The standard InChI is InChI=1S/C11H16N2/c1-10-9-13(8-7-12-10)11-5-3-2-4-6-11/h2-6,10,12H,7-9H2,1H3. The van der Waals surface area contributed by atoms with Crippen LogP contribution in [0.25, 0.3) is 0 Å². The van der Waals surface area contributed by atoms with Gasteiger partial charge in [-0.05, 0) is 19.1 Å². The maximum Gasteiger partial charge on any atom is 0.0367 e. The van der Waals surface area contributed by atoms with Crippen molar-refractivity contribution in [2.24, 2.45) is 0 Å². The third kappa shape index (κ3) is 2.01. The highest BCUT2D eigenvalue weighted by molar-refractivity contribution is 5.46. The molecule has 0 saturated carbocycles. The molecule has 1 heterocycles. The number of hydrogen-bond donors (Lipinski definition) is 1. The molecule has 1 aromatic carbocycles. The molecule has 0 aromatic heterocycles. The summed E-state index contributed by atoms with van der Waals surface area (Å²) in [5.74, 6) is 0. The number of benzene rings is 1. The first-order chi connectivity index (χ1) is 6.36. The molecule has 0 amide bonds. The Balaban J connectivity index is 2.08. The summed E-state index contributed by atoms with van der Waals surface area (Å²) < 4.78 is 0. The maximum absolute atomic E-state index is 3.44. The Labute approximate surface area is 79.6 Å². The van der Waals surface area contributed by atoms with Crippen molar-refractivity contribution >= 4 is 5.69 Å². The molecular formula is C11H16N2. The number of nitrogens with one attached hydrogen (secondary N) is 1. The minimum atomic E-state index is 0.606. The van der Waals surface area contributed by atoms with Gasteiger partial charge in [0.05, 0.1) is 0 Å². The van der Waals surface area contributed by atoms with Crippen molar-refractivity contribution in [3.63, 3.8) is 0 Å². The van der Waals surface area contributed by atoms with Gasteiger partial charge in [0, 0.05) is 31.4 Å². The van der Waals surface area contributed by atoms with Crippen LogP contribution in [0.5, 0.6) is 0 Å². The summed E-state index contributed by atoms with van der Waals surface area (Å²) in [6, 6.07) is 11.2. The number of nitrogens with zero attached hydrogens (tertiary/aromatic N) is 1. The molecule has 1 N–H and O–H groups in total. The molecule has 2 heteroatoms. The smallest absolute Gasteiger partial charge is 0.0367 e. The number of piperazine rings is 1. The minimum Gasteiger partial charge on any atom is -0.369 e. The second kappa shape index (κ2) is 3.79. The maximum atomic E-state index is 3.44. The van der Waals surface area contributed by atoms with E-state index in [1.807, 2.05) is 0 Å². The summed E-state index contributed by atoms with van der Waals surface area (Å²) in [4.78, 5) is 2.43. The molecule has 2 nitrogen and oxygen atoms in total. The van der Waals surface area contributed by atoms with Gasteiger partial charge in [-0.3, -0.25) is 0 Å². The Kier molecular flexibility index (Phi) is 2.50. The molecule has 70 valence electrons. The van der Waals surface area contributed by atoms with Crippen LogP contribution in [0.15, 0.2) is 30.3 Å². The van der Waals surface area contributed by atoms with Crippen LogP contribution in [0, 0.1) is 0 Å². The zero-order chi connectivity index (χ0) is 9.10. The third-order valence-electron chi connectivity index (χ3n) is 2.49. The van der Waals surface area contributed by atoms with Gasteiger partial charge in [0.25, 0.3) is 0 Å². The Morgan fingerprint density at radius 1 is 1.31 bits per heavy atom. The molecule has 1 aliphatic rings. The fraction of sp³-hybridized carbons (Fsp3) is 0.455. The molecule has 1 aromatic rings. The topological polar surface area (TPSA) is 15.3 Å². The van der Waals surface area contributed by atoms with E-state index < -0.39 is 0 Å². The average molecular weight is 176 g/mol. The first-order valence-corrected chi connectivity index (χ1v) is 4.89. The number of rotatable bonds is 1. The minimum absolute atomic E-state index is 0.606. The quantitative estimate of drug-likeness (QED) is 0.697. The van der Waals surface area contributed by atoms with Crippen LogP contribution in [0.3, 0.4) is 0 Å². The van der Waals surface area contributed by atoms with E-state index >= 15 is 0 Å². The van der Waals surface area contributed by atoms with E-state index in [1.54, 1.807) is 0 Å². The molecule has 0 spiro atoms. The van der Waals surface area contributed by atoms with E-state index in [2.05, 4.69) is 47.5 Å². The molecule has 0 radical (unpaired) electrons. The summed E-state index contributed by atoms with van der Waals surface area (Å²) in [6.07, 6.45) is 0. The molecule has 1 unspecified atom stereocenters. The van der Waals surface area contributed by atoms with Crippen LogP contribution in [-0.2, 0) is 0 Å². The van der Waals surface area contributed by atoms with Gasteiger partial charge in [-0.25, -0.2) is 0 Å². The van der Waals surface area contributed by atoms with E-state index in [1.165, 1.54) is 5.69 Å². The van der Waals surface area contributed by atoms with Crippen molar-refractivity contribution in [3.05, 3.63) is 30.3 Å². The van der Waals surface area contributed by atoms with Crippen molar-refractivity contribution in [1.82, 2.24) is 5.32 Å². The molecule has 1 saturated heterocycles. The average Bonchev–Trinajstić information content (AvgIpc) is 2.19. The van der Waals surface area contributed by atoms with Crippen LogP contribution in [-0.4, -0.2) is 25.7 Å². The van der Waals surface area contributed by atoms with E-state index in [0.717, 1.165) is 19.6 Å². The number of para-hydroxylation sites is 1. The number of anilines is 1. The van der Waals surface area contributed by atoms with Crippen molar-refractivity contribution in [2.45, 2.75) is 13.0 Å². The van der Waals surface area contributed by atoms with Crippen LogP contribution in [0.1, 0.15) is 6.92 Å². The van der Waals surface area contributed by atoms with Gasteiger partial charge in [-0.2, -0.15) is 0 Å². The van der Waals surface area contributed by atoms with Gasteiger partial charge >= 0.3 is 0 Å². The zero-order valence-corrected chi connectivity index (χ0v) is 8.03. The highest BCUT2D eigenvalue weighted by Crippen LogP contribution is 2.14. The van der Waals surface area contributed by atoms with E-state index in [-0.39, 0.29) is 0 Å². The van der Waals surface area contributed by atoms with Crippen molar-refractivity contribution < 1.29 is 0 Å². The summed E-state index contributed by atoms with van der Waals surface area (Å²) >= 11 is 0. The van der Waals surface area contributed by atoms with Crippen molar-refractivity contribution in [3.8, 4) is 0 Å². The summed E-state index contributed by atoms with van der Waals surface area (Å²) in [5, 5.41) is 3.44. The Morgan fingerprint density at radius 3 is 2.77 bits per heavy atom. The van der Waals surface area contributed by atoms with Gasteiger partial charge in [-0.15, -0.1) is 0 Å². The summed E-state index contributed by atoms with van der Waals surface area (Å²) in [7, 11) is 0. The monoisotopic (exact) mass is 176 g/mol. The predicted molar refractivity (Wildman–Crippen MR) is 56.1 cm³/mol. The SMILES string of the molecule is CC1CN(c2ccccc2)CCN1. The second-order valence-electron chi connectivity index (χ2n) is 3.64. The van der Waals surface area contributed by atoms with Crippen LogP contribution in [0.2, 0.25) is 0 Å². The molecular weight excluding hydrogens is 160 g/mol. The Hall–Kier alpha value is -1.02. The van der Waals surface area contributed by atoms with Gasteiger partial charge < -0.3 is 10.2 Å². The normalized spacial score (nSPS) is 23.2. The highest BCUT2D eigenvalue weighted by atomic mass is 15.2. The lowest BCUT2D eigenvalue weighted by Crippen LogP contribution is -2.49. The molecule has 2 rings (SSSR count). The summed E-state index contributed by atoms with van der Waals surface area (Å²) in [6.45, 7) is 5.56.